The van der Waals surface area contributed by atoms with Crippen LogP contribution in [-0.4, -0.2) is 120 Å². The Balaban J connectivity index is 0.679. The average molecular weight is 846 g/mol. The number of likely N-dealkylation sites (tertiary alicyclic amines) is 1. The Hall–Kier alpha value is -5.67. The molecule has 4 amide bonds. The van der Waals surface area contributed by atoms with Crippen LogP contribution in [0.2, 0.25) is 0 Å². The molecule has 61 heavy (non-hydrogen) atoms. The molecule has 1 unspecified atom stereocenters. The van der Waals surface area contributed by atoms with Gasteiger partial charge in [0.15, 0.2) is 5.75 Å². The van der Waals surface area contributed by atoms with Crippen LogP contribution in [0.3, 0.4) is 0 Å². The zero-order valence-electron chi connectivity index (χ0n) is 33.8. The van der Waals surface area contributed by atoms with Crippen LogP contribution in [0.25, 0.3) is 20.5 Å². The zero-order valence-corrected chi connectivity index (χ0v) is 34.6. The molecule has 14 heteroatoms. The van der Waals surface area contributed by atoms with Gasteiger partial charge in [0, 0.05) is 49.2 Å². The highest BCUT2D eigenvalue weighted by Gasteiger charge is 2.45. The van der Waals surface area contributed by atoms with E-state index in [1.165, 1.54) is 23.5 Å². The first-order chi connectivity index (χ1) is 29.7. The van der Waals surface area contributed by atoms with Gasteiger partial charge in [0.25, 0.3) is 11.8 Å². The van der Waals surface area contributed by atoms with Crippen LogP contribution in [-0.2, 0) is 9.59 Å². The minimum absolute atomic E-state index is 0.103. The maximum atomic E-state index is 13.7. The van der Waals surface area contributed by atoms with Gasteiger partial charge in [-0.2, -0.15) is 0 Å². The molecule has 1 aromatic heterocycles. The summed E-state index contributed by atoms with van der Waals surface area (Å²) in [6.07, 6.45) is 3.33. The maximum Gasteiger partial charge on any atom is 0.262 e. The summed E-state index contributed by atoms with van der Waals surface area (Å²) in [4.78, 5) is 59.9. The van der Waals surface area contributed by atoms with E-state index in [4.69, 9.17) is 9.47 Å². The molecule has 3 fully saturated rings. The second-order valence-electron chi connectivity index (χ2n) is 16.3. The number of hydrogen-bond acceptors (Lipinski definition) is 11. The lowest BCUT2D eigenvalue weighted by Gasteiger charge is -2.36. The molecule has 4 aromatic carbocycles. The van der Waals surface area contributed by atoms with Crippen LogP contribution in [0.4, 0.5) is 4.39 Å². The van der Waals surface area contributed by atoms with Gasteiger partial charge in [0.2, 0.25) is 11.8 Å². The van der Waals surface area contributed by atoms with Crippen LogP contribution in [0, 0.1) is 5.82 Å². The van der Waals surface area contributed by atoms with E-state index in [1.54, 1.807) is 30.3 Å². The number of phenolic OH excluding ortho intramolecular Hbond substituents is 1. The minimum atomic E-state index is -0.954. The van der Waals surface area contributed by atoms with Gasteiger partial charge in [-0.1, -0.05) is 18.2 Å². The molecule has 4 aliphatic rings. The number of nitrogens with one attached hydrogen (secondary N) is 1. The molecular weight excluding hydrogens is 798 g/mol. The summed E-state index contributed by atoms with van der Waals surface area (Å²) in [5.74, 6) is 0.368. The lowest BCUT2D eigenvalue weighted by atomic mass is 9.88. The van der Waals surface area contributed by atoms with Crippen LogP contribution < -0.4 is 14.8 Å². The fourth-order valence-electron chi connectivity index (χ4n) is 8.96. The van der Waals surface area contributed by atoms with Crippen LogP contribution >= 0.6 is 11.3 Å². The Labute approximate surface area is 357 Å². The van der Waals surface area contributed by atoms with Crippen molar-refractivity contribution in [3.63, 3.8) is 0 Å². The number of thiophene rings is 1. The highest BCUT2D eigenvalue weighted by atomic mass is 32.1. The van der Waals surface area contributed by atoms with E-state index in [9.17, 15) is 28.7 Å². The summed E-state index contributed by atoms with van der Waals surface area (Å²) in [6, 6.07) is 23.7. The summed E-state index contributed by atoms with van der Waals surface area (Å²) in [5.41, 5.74) is 2.58. The van der Waals surface area contributed by atoms with Gasteiger partial charge >= 0.3 is 0 Å². The first kappa shape index (κ1) is 40.7. The van der Waals surface area contributed by atoms with E-state index in [0.29, 0.717) is 35.2 Å². The smallest absolute Gasteiger partial charge is 0.262 e. The van der Waals surface area contributed by atoms with Crippen molar-refractivity contribution in [1.82, 2.24) is 24.9 Å². The van der Waals surface area contributed by atoms with Crippen molar-refractivity contribution in [3.8, 4) is 33.4 Å². The number of imide groups is 2. The van der Waals surface area contributed by atoms with Crippen molar-refractivity contribution in [2.75, 3.05) is 65.5 Å². The predicted molar refractivity (Wildman–Crippen MR) is 230 cm³/mol. The molecule has 316 valence electrons. The van der Waals surface area contributed by atoms with Crippen molar-refractivity contribution in [1.29, 1.82) is 0 Å². The van der Waals surface area contributed by atoms with Crippen LogP contribution in [0.5, 0.6) is 23.0 Å². The Morgan fingerprint density at radius 1 is 0.721 bits per heavy atom. The zero-order chi connectivity index (χ0) is 42.0. The maximum absolute atomic E-state index is 13.7. The highest BCUT2D eigenvalue weighted by Crippen LogP contribution is 2.47. The molecule has 5 heterocycles. The molecule has 4 aliphatic heterocycles. The van der Waals surface area contributed by atoms with Crippen LogP contribution in [0.15, 0.2) is 84.9 Å². The number of fused-ring (bicyclic) bond motifs is 2. The fourth-order valence-corrected chi connectivity index (χ4v) is 10.1. The third-order valence-corrected chi connectivity index (χ3v) is 13.6. The number of aromatic hydroxyl groups is 1. The number of hydrogen-bond donors (Lipinski definition) is 2. The van der Waals surface area contributed by atoms with E-state index in [1.807, 2.05) is 42.5 Å². The van der Waals surface area contributed by atoms with Crippen molar-refractivity contribution >= 4 is 45.1 Å². The lowest BCUT2D eigenvalue weighted by Crippen LogP contribution is -2.54. The molecule has 0 spiro atoms. The first-order valence-electron chi connectivity index (χ1n) is 21.1. The molecule has 5 aromatic rings. The summed E-state index contributed by atoms with van der Waals surface area (Å²) in [6.45, 7) is 9.59. The average Bonchev–Trinajstić information content (AvgIpc) is 3.74. The number of benzene rings is 4. The summed E-state index contributed by atoms with van der Waals surface area (Å²) < 4.78 is 27.1. The van der Waals surface area contributed by atoms with Crippen molar-refractivity contribution in [2.24, 2.45) is 0 Å². The van der Waals surface area contributed by atoms with Crippen molar-refractivity contribution in [3.05, 3.63) is 107 Å². The molecule has 1 atom stereocenters. The third-order valence-electron chi connectivity index (χ3n) is 12.4. The standard InChI is InChI=1S/C47H48FN5O7S/c48-33-5-2-31(3-6-33)44-43(38-13-7-34(54)29-41(38)61-44)60-36-10-8-35(9-11-36)59-27-26-52-24-22-51(23-25-52)19-1-18-50-20-16-30(17-21-50)32-4-12-37-39(28-32)47(58)53(46(37)57)40-14-15-42(55)49-45(40)56/h2-13,28-30,40,54H,1,14-27H2,(H,49,55,56). The number of carbonyl (C=O) groups is 4. The molecule has 0 aliphatic carbocycles. The molecule has 2 N–H and O–H groups in total. The largest absolute Gasteiger partial charge is 0.508 e. The number of rotatable bonds is 13. The number of piperidine rings is 2. The minimum Gasteiger partial charge on any atom is -0.508 e. The molecule has 0 bridgehead atoms. The molecule has 12 nitrogen and oxygen atoms in total. The number of halogens is 1. The van der Waals surface area contributed by atoms with Gasteiger partial charge in [-0.25, -0.2) is 4.39 Å². The quantitative estimate of drug-likeness (QED) is 0.121. The van der Waals surface area contributed by atoms with Gasteiger partial charge in [-0.05, 0) is 136 Å². The monoisotopic (exact) mass is 845 g/mol. The number of piperazine rings is 1. The molecule has 0 radical (unpaired) electrons. The number of carbonyl (C=O) groups excluding carboxylic acids is 4. The molecule has 9 rings (SSSR count). The van der Waals surface area contributed by atoms with E-state index < -0.39 is 23.8 Å². The SMILES string of the molecule is O=C1CCC(N2C(=O)c3ccc(C4CCN(CCCN5CCN(CCOc6ccc(Oc7c(-c8ccc(F)cc8)sc8cc(O)ccc78)cc6)CC5)CC4)cc3C2=O)C(=O)N1. The second kappa shape index (κ2) is 17.7. The van der Waals surface area contributed by atoms with Crippen LogP contribution in [0.1, 0.15) is 64.3 Å². The number of amides is 4. The topological polar surface area (TPSA) is 132 Å². The Morgan fingerprint density at radius 3 is 2.11 bits per heavy atom. The van der Waals surface area contributed by atoms with E-state index in [2.05, 4.69) is 20.0 Å². The van der Waals surface area contributed by atoms with Crippen molar-refractivity contribution < 1.29 is 38.1 Å². The first-order valence-corrected chi connectivity index (χ1v) is 21.9. The number of nitrogens with zero attached hydrogens (tertiary/aromatic N) is 4. The second-order valence-corrected chi connectivity index (χ2v) is 17.3. The summed E-state index contributed by atoms with van der Waals surface area (Å²) in [7, 11) is 0. The summed E-state index contributed by atoms with van der Waals surface area (Å²) in [5, 5.41) is 13.2. The number of ether oxygens (including phenoxy) is 2. The van der Waals surface area contributed by atoms with Gasteiger partial charge in [0.05, 0.1) is 16.0 Å². The molecule has 0 saturated carbocycles. The van der Waals surface area contributed by atoms with Gasteiger partial charge in [0.1, 0.15) is 35.7 Å². The molecular formula is C47H48FN5O7S. The Kier molecular flexibility index (Phi) is 11.8. The van der Waals surface area contributed by atoms with E-state index >= 15 is 0 Å². The van der Waals surface area contributed by atoms with Gasteiger partial charge in [-0.15, -0.1) is 11.3 Å². The normalized spacial score (nSPS) is 19.4. The van der Waals surface area contributed by atoms with Gasteiger partial charge in [-0.3, -0.25) is 34.3 Å². The molecule has 3 saturated heterocycles. The Bertz CT molecular complexity index is 2440. The van der Waals surface area contributed by atoms with E-state index in [-0.39, 0.29) is 30.3 Å². The Morgan fingerprint density at radius 2 is 1.39 bits per heavy atom. The van der Waals surface area contributed by atoms with E-state index in [0.717, 1.165) is 115 Å². The lowest BCUT2D eigenvalue weighted by molar-refractivity contribution is -0.136. The third kappa shape index (κ3) is 8.89. The highest BCUT2D eigenvalue weighted by molar-refractivity contribution is 7.22. The van der Waals surface area contributed by atoms with Crippen molar-refractivity contribution in [2.45, 2.75) is 44.1 Å². The summed E-state index contributed by atoms with van der Waals surface area (Å²) >= 11 is 1.49. The fraction of sp³-hybridized carbons (Fsp3) is 0.362. The van der Waals surface area contributed by atoms with Gasteiger partial charge < -0.3 is 24.4 Å². The predicted octanol–water partition coefficient (Wildman–Crippen LogP) is 6.87. The number of phenols is 1.